The molecule has 0 saturated carbocycles. The molecule has 0 radical (unpaired) electrons. The lowest BCUT2D eigenvalue weighted by atomic mass is 10.0. The maximum Gasteiger partial charge on any atom is 0.404 e. The van der Waals surface area contributed by atoms with Gasteiger partial charge in [0.15, 0.2) is 0 Å². The lowest BCUT2D eigenvalue weighted by Crippen LogP contribution is -2.43. The summed E-state index contributed by atoms with van der Waals surface area (Å²) in [4.78, 5) is 12.8. The van der Waals surface area contributed by atoms with E-state index in [0.29, 0.717) is 0 Å². The van der Waals surface area contributed by atoms with Crippen molar-refractivity contribution in [1.29, 1.82) is 0 Å². The lowest BCUT2D eigenvalue weighted by molar-refractivity contribution is 0.165. The predicted molar refractivity (Wildman–Crippen MR) is 67.6 cm³/mol. The first kappa shape index (κ1) is 12.7. The zero-order valence-corrected chi connectivity index (χ0v) is 10.2. The van der Waals surface area contributed by atoms with Gasteiger partial charge in [0.1, 0.15) is 5.75 Å². The number of nitrogens with zero attached hydrogens (tertiary/aromatic N) is 1. The van der Waals surface area contributed by atoms with Crippen molar-refractivity contribution in [2.75, 3.05) is 13.1 Å². The summed E-state index contributed by atoms with van der Waals surface area (Å²) in [5, 5.41) is 20.6. The maximum atomic E-state index is 10.5. The van der Waals surface area contributed by atoms with Crippen molar-refractivity contribution >= 4 is 6.09 Å². The van der Waals surface area contributed by atoms with Gasteiger partial charge in [-0.05, 0) is 30.5 Å². The Kier molecular flexibility index (Phi) is 4.04. The molecule has 0 aliphatic carbocycles. The Bertz CT molecular complexity index is 414. The quantitative estimate of drug-likeness (QED) is 0.762. The number of likely N-dealkylation sites (tertiary alicyclic amines) is 1. The minimum Gasteiger partial charge on any atom is -0.508 e. The van der Waals surface area contributed by atoms with Gasteiger partial charge in [-0.1, -0.05) is 12.1 Å². The van der Waals surface area contributed by atoms with E-state index in [9.17, 15) is 9.90 Å². The van der Waals surface area contributed by atoms with Crippen molar-refractivity contribution in [2.45, 2.75) is 25.4 Å². The number of phenolic OH excluding ortho intramolecular Hbond substituents is 1. The third-order valence-electron chi connectivity index (χ3n) is 3.23. The summed E-state index contributed by atoms with van der Waals surface area (Å²) >= 11 is 0. The fourth-order valence-corrected chi connectivity index (χ4v) is 2.32. The van der Waals surface area contributed by atoms with Crippen LogP contribution >= 0.6 is 0 Å². The molecule has 0 bridgehead atoms. The summed E-state index contributed by atoms with van der Waals surface area (Å²) in [5.41, 5.74) is 1.08. The molecule has 1 heterocycles. The number of amides is 1. The van der Waals surface area contributed by atoms with Crippen LogP contribution in [0.25, 0.3) is 0 Å². The summed E-state index contributed by atoms with van der Waals surface area (Å²) in [5.74, 6) is 0.287. The number of hydrogen-bond donors (Lipinski definition) is 3. The highest BCUT2D eigenvalue weighted by Crippen LogP contribution is 2.16. The average Bonchev–Trinajstić information content (AvgIpc) is 2.31. The molecule has 1 amide bonds. The third-order valence-corrected chi connectivity index (χ3v) is 3.23. The van der Waals surface area contributed by atoms with Crippen LogP contribution in [-0.2, 0) is 6.54 Å². The molecule has 18 heavy (non-hydrogen) atoms. The van der Waals surface area contributed by atoms with E-state index in [0.717, 1.165) is 38.0 Å². The van der Waals surface area contributed by atoms with Crippen LogP contribution in [0, 0.1) is 0 Å². The molecule has 1 aliphatic rings. The molecule has 0 spiro atoms. The highest BCUT2D eigenvalue weighted by molar-refractivity contribution is 5.64. The van der Waals surface area contributed by atoms with Gasteiger partial charge in [0, 0.05) is 25.7 Å². The van der Waals surface area contributed by atoms with E-state index in [1.807, 2.05) is 12.1 Å². The number of piperidine rings is 1. The van der Waals surface area contributed by atoms with Gasteiger partial charge >= 0.3 is 6.09 Å². The van der Waals surface area contributed by atoms with Crippen LogP contribution in [0.2, 0.25) is 0 Å². The minimum atomic E-state index is -0.943. The molecule has 1 saturated heterocycles. The second-order valence-electron chi connectivity index (χ2n) is 4.67. The molecule has 0 aromatic heterocycles. The highest BCUT2D eigenvalue weighted by Gasteiger charge is 2.20. The largest absolute Gasteiger partial charge is 0.508 e. The first-order chi connectivity index (χ1) is 8.63. The van der Waals surface area contributed by atoms with Crippen molar-refractivity contribution in [1.82, 2.24) is 10.2 Å². The van der Waals surface area contributed by atoms with Gasteiger partial charge in [0.05, 0.1) is 0 Å². The van der Waals surface area contributed by atoms with Crippen molar-refractivity contribution in [3.63, 3.8) is 0 Å². The van der Waals surface area contributed by atoms with Gasteiger partial charge in [-0.3, -0.25) is 4.90 Å². The SMILES string of the molecule is O=C(O)NC1CCN(Cc2cccc(O)c2)CC1. The third kappa shape index (κ3) is 3.63. The van der Waals surface area contributed by atoms with Gasteiger partial charge in [-0.25, -0.2) is 4.79 Å². The fraction of sp³-hybridized carbons (Fsp3) is 0.462. The molecule has 0 atom stereocenters. The fourth-order valence-electron chi connectivity index (χ4n) is 2.32. The average molecular weight is 250 g/mol. The zero-order valence-electron chi connectivity index (χ0n) is 10.2. The molecule has 5 heteroatoms. The predicted octanol–water partition coefficient (Wildman–Crippen LogP) is 1.62. The highest BCUT2D eigenvalue weighted by atomic mass is 16.4. The molecule has 0 unspecified atom stereocenters. The zero-order chi connectivity index (χ0) is 13.0. The van der Waals surface area contributed by atoms with Gasteiger partial charge < -0.3 is 15.5 Å². The topological polar surface area (TPSA) is 72.8 Å². The molecule has 1 fully saturated rings. The first-order valence-corrected chi connectivity index (χ1v) is 6.13. The number of benzene rings is 1. The molecule has 3 N–H and O–H groups in total. The standard InChI is InChI=1S/C13H18N2O3/c16-12-3-1-2-10(8-12)9-15-6-4-11(5-7-15)14-13(17)18/h1-3,8,11,14,16H,4-7,9H2,(H,17,18). The second kappa shape index (κ2) is 5.73. The molecule has 5 nitrogen and oxygen atoms in total. The summed E-state index contributed by atoms with van der Waals surface area (Å²) < 4.78 is 0. The van der Waals surface area contributed by atoms with E-state index >= 15 is 0 Å². The van der Waals surface area contributed by atoms with Crippen molar-refractivity contribution in [2.24, 2.45) is 0 Å². The number of carbonyl (C=O) groups is 1. The van der Waals surface area contributed by atoms with Gasteiger partial charge in [0.2, 0.25) is 0 Å². The Morgan fingerprint density at radius 3 is 2.72 bits per heavy atom. The Labute approximate surface area is 106 Å². The molecule has 2 rings (SSSR count). The van der Waals surface area contributed by atoms with E-state index in [-0.39, 0.29) is 11.8 Å². The summed E-state index contributed by atoms with van der Waals surface area (Å²) in [7, 11) is 0. The van der Waals surface area contributed by atoms with E-state index < -0.39 is 6.09 Å². The van der Waals surface area contributed by atoms with E-state index in [4.69, 9.17) is 5.11 Å². The molecule has 98 valence electrons. The summed E-state index contributed by atoms with van der Waals surface area (Å²) in [6.45, 7) is 2.55. The molecule has 1 aromatic carbocycles. The lowest BCUT2D eigenvalue weighted by Gasteiger charge is -2.31. The second-order valence-corrected chi connectivity index (χ2v) is 4.67. The molecule has 1 aliphatic heterocycles. The molecular formula is C13H18N2O3. The van der Waals surface area contributed by atoms with E-state index in [1.165, 1.54) is 0 Å². The van der Waals surface area contributed by atoms with Crippen LogP contribution in [0.3, 0.4) is 0 Å². The number of nitrogens with one attached hydrogen (secondary N) is 1. The van der Waals surface area contributed by atoms with Crippen LogP contribution in [0.4, 0.5) is 4.79 Å². The van der Waals surface area contributed by atoms with Crippen LogP contribution < -0.4 is 5.32 Å². The van der Waals surface area contributed by atoms with Crippen molar-refractivity contribution in [3.8, 4) is 5.75 Å². The van der Waals surface area contributed by atoms with E-state index in [1.54, 1.807) is 12.1 Å². The Hall–Kier alpha value is -1.75. The normalized spacial score (nSPS) is 17.6. The van der Waals surface area contributed by atoms with Crippen molar-refractivity contribution in [3.05, 3.63) is 29.8 Å². The molecular weight excluding hydrogens is 232 g/mol. The smallest absolute Gasteiger partial charge is 0.404 e. The Morgan fingerprint density at radius 2 is 2.11 bits per heavy atom. The van der Waals surface area contributed by atoms with Crippen LogP contribution in [-0.4, -0.2) is 40.3 Å². The van der Waals surface area contributed by atoms with Crippen LogP contribution in [0.1, 0.15) is 18.4 Å². The number of rotatable bonds is 3. The summed E-state index contributed by atoms with van der Waals surface area (Å²) in [6, 6.07) is 7.32. The van der Waals surface area contributed by atoms with Crippen LogP contribution in [0.15, 0.2) is 24.3 Å². The van der Waals surface area contributed by atoms with Crippen LogP contribution in [0.5, 0.6) is 5.75 Å². The Morgan fingerprint density at radius 1 is 1.39 bits per heavy atom. The van der Waals surface area contributed by atoms with Gasteiger partial charge in [-0.15, -0.1) is 0 Å². The number of phenols is 1. The van der Waals surface area contributed by atoms with Crippen molar-refractivity contribution < 1.29 is 15.0 Å². The first-order valence-electron chi connectivity index (χ1n) is 6.13. The van der Waals surface area contributed by atoms with E-state index in [2.05, 4.69) is 10.2 Å². The number of carboxylic acid groups (broad SMARTS) is 1. The minimum absolute atomic E-state index is 0.0722. The number of aromatic hydroxyl groups is 1. The molecule has 1 aromatic rings. The number of hydrogen-bond acceptors (Lipinski definition) is 3. The van der Waals surface area contributed by atoms with Gasteiger partial charge in [-0.2, -0.15) is 0 Å². The van der Waals surface area contributed by atoms with Gasteiger partial charge in [0.25, 0.3) is 0 Å². The maximum absolute atomic E-state index is 10.5. The summed E-state index contributed by atoms with van der Waals surface area (Å²) in [6.07, 6.45) is 0.734. The monoisotopic (exact) mass is 250 g/mol. The Balaban J connectivity index is 1.81.